The molecule has 1 aliphatic rings. The molecule has 0 bridgehead atoms. The van der Waals surface area contributed by atoms with Gasteiger partial charge in [0, 0.05) is 24.5 Å². The molecule has 0 N–H and O–H groups in total. The third kappa shape index (κ3) is 4.40. The monoisotopic (exact) mass is 339 g/mol. The van der Waals surface area contributed by atoms with E-state index in [0.29, 0.717) is 0 Å². The van der Waals surface area contributed by atoms with Crippen molar-refractivity contribution in [1.29, 1.82) is 0 Å². The predicted molar refractivity (Wildman–Crippen MR) is 107 cm³/mol. The van der Waals surface area contributed by atoms with E-state index in [4.69, 9.17) is 4.99 Å². The maximum absolute atomic E-state index is 4.97. The zero-order chi connectivity index (χ0) is 16.8. The average molecular weight is 340 g/mol. The Morgan fingerprint density at radius 1 is 1.08 bits per heavy atom. The Bertz CT molecular complexity index is 682. The van der Waals surface area contributed by atoms with Gasteiger partial charge in [0.15, 0.2) is 5.17 Å². The quantitative estimate of drug-likeness (QED) is 0.607. The molecule has 1 aliphatic heterocycles. The van der Waals surface area contributed by atoms with Gasteiger partial charge >= 0.3 is 0 Å². The van der Waals surface area contributed by atoms with Crippen molar-refractivity contribution in [3.05, 3.63) is 60.2 Å². The highest BCUT2D eigenvalue weighted by atomic mass is 32.2. The fourth-order valence-electron chi connectivity index (χ4n) is 2.84. The first-order valence-electron chi connectivity index (χ1n) is 8.51. The molecule has 126 valence electrons. The first kappa shape index (κ1) is 17.1. The number of anilines is 1. The second-order valence-electron chi connectivity index (χ2n) is 6.27. The van der Waals surface area contributed by atoms with Crippen LogP contribution in [0.5, 0.6) is 0 Å². The molecule has 1 heterocycles. The van der Waals surface area contributed by atoms with E-state index in [9.17, 15) is 0 Å². The average Bonchev–Trinajstić information content (AvgIpc) is 2.61. The number of rotatable bonds is 4. The highest BCUT2D eigenvalue weighted by molar-refractivity contribution is 8.14. The van der Waals surface area contributed by atoms with Crippen LogP contribution in [0.2, 0.25) is 0 Å². The molecule has 3 rings (SSSR count). The van der Waals surface area contributed by atoms with Gasteiger partial charge in [0.25, 0.3) is 0 Å². The van der Waals surface area contributed by atoms with E-state index in [1.54, 1.807) is 0 Å². The summed E-state index contributed by atoms with van der Waals surface area (Å²) < 4.78 is 0. The zero-order valence-corrected chi connectivity index (χ0v) is 15.3. The minimum absolute atomic E-state index is 1.02. The number of aryl methyl sites for hydroxylation is 1. The van der Waals surface area contributed by atoms with E-state index >= 15 is 0 Å². The largest absolute Gasteiger partial charge is 0.321 e. The van der Waals surface area contributed by atoms with Crippen molar-refractivity contribution in [2.24, 2.45) is 4.99 Å². The first-order chi connectivity index (χ1) is 11.7. The Balaban J connectivity index is 1.89. The van der Waals surface area contributed by atoms with Crippen molar-refractivity contribution in [2.75, 3.05) is 37.8 Å². The second-order valence-corrected chi connectivity index (χ2v) is 7.33. The Hall–Kier alpha value is -1.78. The van der Waals surface area contributed by atoms with E-state index in [0.717, 1.165) is 36.1 Å². The van der Waals surface area contributed by atoms with E-state index in [1.165, 1.54) is 17.7 Å². The molecule has 4 heteroatoms. The predicted octanol–water partition coefficient (Wildman–Crippen LogP) is 4.42. The van der Waals surface area contributed by atoms with Gasteiger partial charge in [-0.2, -0.15) is 0 Å². The van der Waals surface area contributed by atoms with Crippen molar-refractivity contribution in [3.63, 3.8) is 0 Å². The number of aliphatic imine (C=N–C) groups is 1. The molecular weight excluding hydrogens is 314 g/mol. The van der Waals surface area contributed by atoms with Gasteiger partial charge in [-0.3, -0.25) is 0 Å². The van der Waals surface area contributed by atoms with Crippen molar-refractivity contribution < 1.29 is 0 Å². The molecule has 2 aromatic rings. The van der Waals surface area contributed by atoms with Crippen molar-refractivity contribution >= 4 is 28.3 Å². The molecule has 0 unspecified atom stereocenters. The van der Waals surface area contributed by atoms with E-state index in [1.807, 2.05) is 30.0 Å². The summed E-state index contributed by atoms with van der Waals surface area (Å²) >= 11 is 1.85. The van der Waals surface area contributed by atoms with Gasteiger partial charge in [0.1, 0.15) is 0 Å². The van der Waals surface area contributed by atoms with Crippen LogP contribution >= 0.6 is 11.8 Å². The SMILES string of the molecule is CN(C)CCSC(=Nc1ccccc1)N1CCCc2ccccc21. The number of hydrogen-bond acceptors (Lipinski definition) is 3. The number of amidine groups is 1. The van der Waals surface area contributed by atoms with Crippen LogP contribution in [0.15, 0.2) is 59.6 Å². The number of nitrogens with zero attached hydrogens (tertiary/aromatic N) is 3. The lowest BCUT2D eigenvalue weighted by atomic mass is 10.0. The van der Waals surface area contributed by atoms with Crippen LogP contribution in [0.1, 0.15) is 12.0 Å². The zero-order valence-electron chi connectivity index (χ0n) is 14.5. The minimum Gasteiger partial charge on any atom is -0.321 e. The molecule has 24 heavy (non-hydrogen) atoms. The van der Waals surface area contributed by atoms with Crippen molar-refractivity contribution in [1.82, 2.24) is 4.90 Å². The summed E-state index contributed by atoms with van der Waals surface area (Å²) in [5.74, 6) is 1.04. The van der Waals surface area contributed by atoms with Crippen molar-refractivity contribution in [3.8, 4) is 0 Å². The molecule has 0 saturated carbocycles. The molecule has 0 spiro atoms. The van der Waals surface area contributed by atoms with Gasteiger partial charge in [-0.25, -0.2) is 4.99 Å². The highest BCUT2D eigenvalue weighted by Crippen LogP contribution is 2.30. The van der Waals surface area contributed by atoms with E-state index in [2.05, 4.69) is 60.3 Å². The van der Waals surface area contributed by atoms with Crippen LogP contribution in [-0.4, -0.2) is 43.0 Å². The molecule has 2 aromatic carbocycles. The van der Waals surface area contributed by atoms with Crippen LogP contribution < -0.4 is 4.90 Å². The van der Waals surface area contributed by atoms with Crippen molar-refractivity contribution in [2.45, 2.75) is 12.8 Å². The lowest BCUT2D eigenvalue weighted by Crippen LogP contribution is -2.34. The van der Waals surface area contributed by atoms with Crippen LogP contribution in [0, 0.1) is 0 Å². The number of para-hydroxylation sites is 2. The van der Waals surface area contributed by atoms with Gasteiger partial charge in [-0.15, -0.1) is 0 Å². The third-order valence-corrected chi connectivity index (χ3v) is 5.05. The summed E-state index contributed by atoms with van der Waals surface area (Å²) in [5, 5.41) is 1.11. The smallest absolute Gasteiger partial charge is 0.168 e. The fraction of sp³-hybridized carbons (Fsp3) is 0.350. The first-order valence-corrected chi connectivity index (χ1v) is 9.49. The molecular formula is C20H25N3S. The number of thioether (sulfide) groups is 1. The molecule has 0 atom stereocenters. The number of fused-ring (bicyclic) bond motifs is 1. The summed E-state index contributed by atoms with van der Waals surface area (Å²) in [7, 11) is 4.23. The fourth-order valence-corrected chi connectivity index (χ4v) is 3.99. The molecule has 0 radical (unpaired) electrons. The summed E-state index contributed by atoms with van der Waals surface area (Å²) in [6.07, 6.45) is 2.34. The Morgan fingerprint density at radius 2 is 1.83 bits per heavy atom. The topological polar surface area (TPSA) is 18.8 Å². The summed E-state index contributed by atoms with van der Waals surface area (Å²) in [6, 6.07) is 19.0. The van der Waals surface area contributed by atoms with Crippen LogP contribution in [0.25, 0.3) is 0 Å². The van der Waals surface area contributed by atoms with Gasteiger partial charge < -0.3 is 9.80 Å². The van der Waals surface area contributed by atoms with Crippen LogP contribution in [0.4, 0.5) is 11.4 Å². The molecule has 3 nitrogen and oxygen atoms in total. The van der Waals surface area contributed by atoms with Gasteiger partial charge in [-0.1, -0.05) is 48.2 Å². The molecule has 0 fully saturated rings. The normalized spacial score (nSPS) is 14.8. The molecule has 0 amide bonds. The van der Waals surface area contributed by atoms with Gasteiger partial charge in [0.2, 0.25) is 0 Å². The standard InChI is InChI=1S/C20H25N3S/c1-22(2)15-16-24-20(21-18-11-4-3-5-12-18)23-14-8-10-17-9-6-7-13-19(17)23/h3-7,9,11-13H,8,10,14-16H2,1-2H3. The lowest BCUT2D eigenvalue weighted by molar-refractivity contribution is 0.437. The maximum atomic E-state index is 4.97. The Kier molecular flexibility index (Phi) is 5.94. The molecule has 0 aliphatic carbocycles. The van der Waals surface area contributed by atoms with E-state index < -0.39 is 0 Å². The summed E-state index contributed by atoms with van der Waals surface area (Å²) in [5.41, 5.74) is 3.77. The van der Waals surface area contributed by atoms with E-state index in [-0.39, 0.29) is 0 Å². The third-order valence-electron chi connectivity index (χ3n) is 4.09. The summed E-state index contributed by atoms with van der Waals surface area (Å²) in [6.45, 7) is 2.09. The maximum Gasteiger partial charge on any atom is 0.168 e. The Morgan fingerprint density at radius 3 is 2.62 bits per heavy atom. The molecule has 0 aromatic heterocycles. The van der Waals surface area contributed by atoms with Gasteiger partial charge in [0.05, 0.1) is 5.69 Å². The second kappa shape index (κ2) is 8.36. The van der Waals surface area contributed by atoms with Gasteiger partial charge in [-0.05, 0) is 50.7 Å². The number of benzene rings is 2. The Labute approximate surface area is 149 Å². The summed E-state index contributed by atoms with van der Waals surface area (Å²) in [4.78, 5) is 9.58. The lowest BCUT2D eigenvalue weighted by Gasteiger charge is -2.31. The molecule has 0 saturated heterocycles. The highest BCUT2D eigenvalue weighted by Gasteiger charge is 2.21. The van der Waals surface area contributed by atoms with Crippen LogP contribution in [0.3, 0.4) is 0 Å². The number of hydrogen-bond donors (Lipinski definition) is 0. The minimum atomic E-state index is 1.02. The van der Waals surface area contributed by atoms with Crippen LogP contribution in [-0.2, 0) is 6.42 Å².